The molecule has 0 aliphatic heterocycles. The third kappa shape index (κ3) is 3.38. The smallest absolute Gasteiger partial charge is 0.138 e. The first kappa shape index (κ1) is 15.0. The molecule has 0 spiro atoms. The molecule has 108 valence electrons. The highest BCUT2D eigenvalue weighted by Crippen LogP contribution is 2.34. The van der Waals surface area contributed by atoms with Gasteiger partial charge in [0.05, 0.1) is 10.6 Å². The lowest BCUT2D eigenvalue weighted by molar-refractivity contribution is 0.108. The molecule has 1 aromatic rings. The van der Waals surface area contributed by atoms with Gasteiger partial charge in [-0.15, -0.1) is 11.6 Å². The zero-order valence-corrected chi connectivity index (χ0v) is 12.7. The van der Waals surface area contributed by atoms with Gasteiger partial charge in [0.15, 0.2) is 0 Å². The van der Waals surface area contributed by atoms with Crippen LogP contribution >= 0.6 is 11.6 Å². The Morgan fingerprint density at radius 3 is 2.70 bits per heavy atom. The van der Waals surface area contributed by atoms with Gasteiger partial charge in [-0.3, -0.25) is 0 Å². The minimum Gasteiger partial charge on any atom is -0.386 e. The van der Waals surface area contributed by atoms with Crippen molar-refractivity contribution in [1.29, 1.82) is 0 Å². The van der Waals surface area contributed by atoms with Gasteiger partial charge in [-0.2, -0.15) is 5.10 Å². The van der Waals surface area contributed by atoms with Gasteiger partial charge in [-0.1, -0.05) is 45.1 Å². The molecule has 0 fully saturated rings. The Balaban J connectivity index is 2.42. The van der Waals surface area contributed by atoms with Gasteiger partial charge in [0.1, 0.15) is 18.8 Å². The number of aromatic nitrogens is 3. The first-order valence-electron chi connectivity index (χ1n) is 6.61. The third-order valence-electron chi connectivity index (χ3n) is 3.22. The summed E-state index contributed by atoms with van der Waals surface area (Å²) >= 11 is 6.59. The molecule has 2 unspecified atom stereocenters. The Labute approximate surface area is 124 Å². The van der Waals surface area contributed by atoms with Crippen LogP contribution in [0.1, 0.15) is 27.2 Å². The van der Waals surface area contributed by atoms with Crippen molar-refractivity contribution in [3.05, 3.63) is 43.0 Å². The van der Waals surface area contributed by atoms with Crippen LogP contribution in [0.4, 0.5) is 0 Å². The van der Waals surface area contributed by atoms with Crippen LogP contribution in [0.25, 0.3) is 5.70 Å². The number of halogens is 1. The van der Waals surface area contributed by atoms with Gasteiger partial charge < -0.3 is 5.11 Å². The number of alkyl halides is 1. The topological polar surface area (TPSA) is 50.9 Å². The number of hydrogen-bond donors (Lipinski definition) is 1. The molecule has 0 radical (unpaired) electrons. The number of aliphatic hydroxyl groups excluding tert-OH is 1. The van der Waals surface area contributed by atoms with Gasteiger partial charge in [0, 0.05) is 0 Å². The van der Waals surface area contributed by atoms with E-state index in [-0.39, 0.29) is 5.41 Å². The van der Waals surface area contributed by atoms with Gasteiger partial charge in [-0.25, -0.2) is 9.67 Å². The fraction of sp³-hybridized carbons (Fsp3) is 0.467. The lowest BCUT2D eigenvalue weighted by atomic mass is 9.85. The summed E-state index contributed by atoms with van der Waals surface area (Å²) in [6.07, 6.45) is 12.7. The second-order valence-corrected chi connectivity index (χ2v) is 6.80. The number of nitrogens with zero attached hydrogens (tertiary/aromatic N) is 3. The summed E-state index contributed by atoms with van der Waals surface area (Å²) in [6.45, 7) is 5.92. The average Bonchev–Trinajstić information content (AvgIpc) is 2.88. The second-order valence-electron chi connectivity index (χ2n) is 6.10. The van der Waals surface area contributed by atoms with E-state index in [4.69, 9.17) is 11.6 Å². The molecule has 1 heterocycles. The summed E-state index contributed by atoms with van der Waals surface area (Å²) in [7, 11) is 0. The Morgan fingerprint density at radius 1 is 1.45 bits per heavy atom. The van der Waals surface area contributed by atoms with Crippen molar-refractivity contribution in [3.8, 4) is 0 Å². The molecular formula is C15H20ClN3O. The van der Waals surface area contributed by atoms with E-state index in [0.717, 1.165) is 0 Å². The molecule has 0 bridgehead atoms. The molecule has 0 amide bonds. The summed E-state index contributed by atoms with van der Waals surface area (Å²) < 4.78 is 1.58. The zero-order chi connectivity index (χ0) is 14.8. The molecule has 1 aliphatic rings. The molecule has 4 nitrogen and oxygen atoms in total. The van der Waals surface area contributed by atoms with E-state index in [9.17, 15) is 5.11 Å². The maximum Gasteiger partial charge on any atom is 0.138 e. The van der Waals surface area contributed by atoms with Gasteiger partial charge in [0.25, 0.3) is 0 Å². The van der Waals surface area contributed by atoms with Crippen LogP contribution in [0.2, 0.25) is 0 Å². The van der Waals surface area contributed by atoms with Gasteiger partial charge in [-0.05, 0) is 17.9 Å². The predicted octanol–water partition coefficient (Wildman–Crippen LogP) is 3.02. The number of allylic oxidation sites excluding steroid dienone is 5. The lowest BCUT2D eigenvalue weighted by Crippen LogP contribution is -2.31. The maximum absolute atomic E-state index is 10.6. The van der Waals surface area contributed by atoms with Crippen molar-refractivity contribution in [2.45, 2.75) is 38.2 Å². The number of aliphatic hydroxyl groups is 1. The van der Waals surface area contributed by atoms with E-state index in [1.807, 2.05) is 51.2 Å². The van der Waals surface area contributed by atoms with E-state index >= 15 is 0 Å². The fourth-order valence-corrected chi connectivity index (χ4v) is 2.29. The standard InChI is InChI=1S/C15H20ClN3O/c1-14(2,3)13(20)12(19-11-17-10-18-19)9-15(16)7-5-4-6-8-15/h4-7,9-11,13,20H,8H2,1-3H3. The Hall–Kier alpha value is -1.39. The molecule has 0 saturated carbocycles. The van der Waals surface area contributed by atoms with Crippen LogP contribution in [0.5, 0.6) is 0 Å². The van der Waals surface area contributed by atoms with Crippen LogP contribution in [0.3, 0.4) is 0 Å². The predicted molar refractivity (Wildman–Crippen MR) is 81.2 cm³/mol. The molecule has 0 aromatic carbocycles. The highest BCUT2D eigenvalue weighted by atomic mass is 35.5. The molecule has 1 N–H and O–H groups in total. The minimum absolute atomic E-state index is 0.320. The highest BCUT2D eigenvalue weighted by Gasteiger charge is 2.31. The Bertz CT molecular complexity index is 540. The van der Waals surface area contributed by atoms with Crippen molar-refractivity contribution >= 4 is 17.3 Å². The average molecular weight is 294 g/mol. The summed E-state index contributed by atoms with van der Waals surface area (Å²) in [6, 6.07) is 0. The number of rotatable bonds is 3. The van der Waals surface area contributed by atoms with Crippen molar-refractivity contribution in [2.75, 3.05) is 0 Å². The Morgan fingerprint density at radius 2 is 2.20 bits per heavy atom. The summed E-state index contributed by atoms with van der Waals surface area (Å²) in [4.78, 5) is 3.31. The molecule has 5 heteroatoms. The summed E-state index contributed by atoms with van der Waals surface area (Å²) in [5.74, 6) is 0. The molecule has 2 atom stereocenters. The maximum atomic E-state index is 10.6. The molecule has 1 aliphatic carbocycles. The molecule has 2 rings (SSSR count). The minimum atomic E-state index is -0.695. The normalized spacial score (nSPS) is 24.9. The van der Waals surface area contributed by atoms with Crippen molar-refractivity contribution in [3.63, 3.8) is 0 Å². The van der Waals surface area contributed by atoms with Crippen molar-refractivity contribution in [2.24, 2.45) is 5.41 Å². The van der Waals surface area contributed by atoms with Crippen molar-refractivity contribution in [1.82, 2.24) is 14.8 Å². The first-order valence-corrected chi connectivity index (χ1v) is 6.99. The van der Waals surface area contributed by atoms with Crippen molar-refractivity contribution < 1.29 is 5.11 Å². The first-order chi connectivity index (χ1) is 9.32. The molecular weight excluding hydrogens is 274 g/mol. The summed E-state index contributed by atoms with van der Waals surface area (Å²) in [5, 5.41) is 14.7. The second kappa shape index (κ2) is 5.54. The zero-order valence-electron chi connectivity index (χ0n) is 12.0. The quantitative estimate of drug-likeness (QED) is 0.872. The SMILES string of the molecule is CC(C)(C)C(O)C(=CC1(Cl)C=CC=CC1)n1cncn1. The number of hydrogen-bond acceptors (Lipinski definition) is 3. The van der Waals surface area contributed by atoms with Gasteiger partial charge in [0.2, 0.25) is 0 Å². The monoisotopic (exact) mass is 293 g/mol. The highest BCUT2D eigenvalue weighted by molar-refractivity contribution is 6.27. The van der Waals surface area contributed by atoms with E-state index in [1.54, 1.807) is 11.0 Å². The van der Waals surface area contributed by atoms with E-state index in [0.29, 0.717) is 12.1 Å². The van der Waals surface area contributed by atoms with Gasteiger partial charge >= 0.3 is 0 Å². The largest absolute Gasteiger partial charge is 0.386 e. The van der Waals surface area contributed by atoms with Crippen LogP contribution in [-0.4, -0.2) is 30.8 Å². The van der Waals surface area contributed by atoms with Crippen LogP contribution in [0.15, 0.2) is 43.0 Å². The summed E-state index contributed by atoms with van der Waals surface area (Å²) in [5.41, 5.74) is 0.323. The molecule has 0 saturated heterocycles. The third-order valence-corrected chi connectivity index (χ3v) is 3.61. The lowest BCUT2D eigenvalue weighted by Gasteiger charge is -2.30. The molecule has 20 heavy (non-hydrogen) atoms. The Kier molecular flexibility index (Phi) is 4.16. The molecule has 1 aromatic heterocycles. The van der Waals surface area contributed by atoms with E-state index in [1.165, 1.54) is 6.33 Å². The van der Waals surface area contributed by atoms with E-state index < -0.39 is 11.0 Å². The van der Waals surface area contributed by atoms with Crippen LogP contribution < -0.4 is 0 Å². The van der Waals surface area contributed by atoms with Crippen LogP contribution in [0, 0.1) is 5.41 Å². The van der Waals surface area contributed by atoms with Crippen LogP contribution in [-0.2, 0) is 0 Å². The fourth-order valence-electron chi connectivity index (χ4n) is 2.02. The van der Waals surface area contributed by atoms with E-state index in [2.05, 4.69) is 10.1 Å².